The van der Waals surface area contributed by atoms with Crippen LogP contribution in [0.2, 0.25) is 0 Å². The summed E-state index contributed by atoms with van der Waals surface area (Å²) in [5.74, 6) is -0.396. The van der Waals surface area contributed by atoms with Gasteiger partial charge >= 0.3 is 0 Å². The van der Waals surface area contributed by atoms with Crippen molar-refractivity contribution in [3.8, 4) is 11.3 Å². The monoisotopic (exact) mass is 385 g/mol. The van der Waals surface area contributed by atoms with Crippen LogP contribution in [-0.2, 0) is 7.05 Å². The van der Waals surface area contributed by atoms with Gasteiger partial charge in [0.25, 0.3) is 5.91 Å². The van der Waals surface area contributed by atoms with Gasteiger partial charge < -0.3 is 5.32 Å². The average Bonchev–Trinajstić information content (AvgIpc) is 3.21. The van der Waals surface area contributed by atoms with Gasteiger partial charge in [-0.2, -0.15) is 0 Å². The van der Waals surface area contributed by atoms with E-state index >= 15 is 0 Å². The minimum absolute atomic E-state index is 0.0966. The molecule has 2 aromatic heterocycles. The summed E-state index contributed by atoms with van der Waals surface area (Å²) in [5.41, 5.74) is 2.91. The zero-order valence-electron chi connectivity index (χ0n) is 15.4. The highest BCUT2D eigenvalue weighted by molar-refractivity contribution is 7.14. The molecule has 0 saturated heterocycles. The lowest BCUT2D eigenvalue weighted by Crippen LogP contribution is -2.23. The van der Waals surface area contributed by atoms with E-state index in [1.165, 1.54) is 23.5 Å². The van der Waals surface area contributed by atoms with Gasteiger partial charge in [0.15, 0.2) is 0 Å². The number of carbonyl (C=O) groups is 1. The molecule has 3 aromatic rings. The van der Waals surface area contributed by atoms with Crippen LogP contribution in [0.25, 0.3) is 23.4 Å². The lowest BCUT2D eigenvalue weighted by molar-refractivity contribution is 0.0957. The van der Waals surface area contributed by atoms with Gasteiger partial charge in [-0.15, -0.1) is 16.4 Å². The Morgan fingerprint density at radius 1 is 1.30 bits per heavy atom. The summed E-state index contributed by atoms with van der Waals surface area (Å²) in [6.07, 6.45) is 4.57. The van der Waals surface area contributed by atoms with Gasteiger partial charge in [-0.3, -0.25) is 4.79 Å². The van der Waals surface area contributed by atoms with E-state index in [4.69, 9.17) is 0 Å². The van der Waals surface area contributed by atoms with E-state index in [1.807, 2.05) is 26.0 Å². The fourth-order valence-electron chi connectivity index (χ4n) is 2.53. The van der Waals surface area contributed by atoms with E-state index in [0.29, 0.717) is 22.8 Å². The predicted molar refractivity (Wildman–Crippen MR) is 105 cm³/mol. The van der Waals surface area contributed by atoms with Crippen molar-refractivity contribution in [1.82, 2.24) is 25.3 Å². The first-order valence-corrected chi connectivity index (χ1v) is 9.40. The van der Waals surface area contributed by atoms with Crippen molar-refractivity contribution in [1.29, 1.82) is 0 Å². The van der Waals surface area contributed by atoms with Crippen LogP contribution >= 0.6 is 11.3 Å². The van der Waals surface area contributed by atoms with Crippen molar-refractivity contribution in [3.63, 3.8) is 0 Å². The molecule has 0 saturated carbocycles. The molecule has 8 heteroatoms. The highest BCUT2D eigenvalue weighted by Gasteiger charge is 2.14. The molecule has 3 rings (SSSR count). The molecule has 1 aromatic carbocycles. The maximum atomic E-state index is 13.2. The SMILES string of the molecule is CCCNC(=O)c1sc(C=Cc2c(-c3ccc(F)cc3)nnn2C)nc1C. The van der Waals surface area contributed by atoms with Crippen LogP contribution in [0.1, 0.15) is 39.4 Å². The highest BCUT2D eigenvalue weighted by atomic mass is 32.1. The molecule has 6 nitrogen and oxygen atoms in total. The zero-order chi connectivity index (χ0) is 19.4. The quantitative estimate of drug-likeness (QED) is 0.702. The molecule has 0 bridgehead atoms. The molecule has 2 heterocycles. The van der Waals surface area contributed by atoms with Crippen LogP contribution in [0.5, 0.6) is 0 Å². The van der Waals surface area contributed by atoms with Crippen LogP contribution < -0.4 is 5.32 Å². The fourth-order valence-corrected chi connectivity index (χ4v) is 3.42. The van der Waals surface area contributed by atoms with E-state index < -0.39 is 0 Å². The summed E-state index contributed by atoms with van der Waals surface area (Å²) in [7, 11) is 1.79. The van der Waals surface area contributed by atoms with E-state index in [9.17, 15) is 9.18 Å². The fraction of sp³-hybridized carbons (Fsp3) is 0.263. The molecule has 1 N–H and O–H groups in total. The number of nitrogens with zero attached hydrogens (tertiary/aromatic N) is 4. The molecule has 0 unspecified atom stereocenters. The Labute approximate surface area is 160 Å². The molecule has 0 fully saturated rings. The molecule has 0 aliphatic carbocycles. The molecule has 0 atom stereocenters. The zero-order valence-corrected chi connectivity index (χ0v) is 16.2. The normalized spacial score (nSPS) is 11.3. The van der Waals surface area contributed by atoms with Gasteiger partial charge in [-0.1, -0.05) is 12.1 Å². The number of hydrogen-bond acceptors (Lipinski definition) is 5. The first-order valence-electron chi connectivity index (χ1n) is 8.59. The van der Waals surface area contributed by atoms with Gasteiger partial charge in [0.2, 0.25) is 0 Å². The molecular weight excluding hydrogens is 365 g/mol. The first-order chi connectivity index (χ1) is 13.0. The summed E-state index contributed by atoms with van der Waals surface area (Å²) < 4.78 is 14.8. The summed E-state index contributed by atoms with van der Waals surface area (Å²) >= 11 is 1.34. The van der Waals surface area contributed by atoms with Crippen molar-refractivity contribution < 1.29 is 9.18 Å². The number of benzene rings is 1. The van der Waals surface area contributed by atoms with Crippen molar-refractivity contribution in [2.45, 2.75) is 20.3 Å². The third-order valence-electron chi connectivity index (χ3n) is 3.93. The Morgan fingerprint density at radius 3 is 2.74 bits per heavy atom. The molecule has 0 aliphatic rings. The van der Waals surface area contributed by atoms with Crippen LogP contribution in [0.3, 0.4) is 0 Å². The Morgan fingerprint density at radius 2 is 2.04 bits per heavy atom. The number of amides is 1. The Kier molecular flexibility index (Phi) is 5.75. The summed E-state index contributed by atoms with van der Waals surface area (Å²) in [6.45, 7) is 4.47. The Bertz CT molecular complexity index is 975. The third-order valence-corrected chi connectivity index (χ3v) is 5.05. The van der Waals surface area contributed by atoms with Crippen LogP contribution in [0.4, 0.5) is 4.39 Å². The molecular formula is C19H20FN5OS. The summed E-state index contributed by atoms with van der Waals surface area (Å²) in [4.78, 5) is 17.2. The van der Waals surface area contributed by atoms with Crippen LogP contribution in [0, 0.1) is 12.7 Å². The lowest BCUT2D eigenvalue weighted by Gasteiger charge is -2.00. The Hall–Kier alpha value is -2.87. The maximum Gasteiger partial charge on any atom is 0.263 e. The van der Waals surface area contributed by atoms with Crippen LogP contribution in [0.15, 0.2) is 24.3 Å². The van der Waals surface area contributed by atoms with E-state index in [1.54, 1.807) is 23.9 Å². The lowest BCUT2D eigenvalue weighted by atomic mass is 10.1. The molecule has 0 aliphatic heterocycles. The van der Waals surface area contributed by atoms with Gasteiger partial charge in [0.1, 0.15) is 21.4 Å². The molecule has 1 amide bonds. The number of aromatic nitrogens is 4. The maximum absolute atomic E-state index is 13.2. The summed E-state index contributed by atoms with van der Waals surface area (Å²) in [5, 5.41) is 11.8. The molecule has 140 valence electrons. The van der Waals surface area contributed by atoms with E-state index in [-0.39, 0.29) is 11.7 Å². The standard InChI is InChI=1S/C19H20FN5OS/c1-4-11-21-19(26)18-12(2)22-16(27-18)10-9-15-17(23-24-25(15)3)13-5-7-14(20)8-6-13/h5-10H,4,11H2,1-3H3,(H,21,26). The second-order valence-corrected chi connectivity index (χ2v) is 7.04. The number of aryl methyl sites for hydroxylation is 2. The van der Waals surface area contributed by atoms with Gasteiger partial charge in [0, 0.05) is 19.2 Å². The summed E-state index contributed by atoms with van der Waals surface area (Å²) in [6, 6.07) is 6.12. The van der Waals surface area contributed by atoms with Crippen LogP contribution in [-0.4, -0.2) is 32.4 Å². The molecule has 0 radical (unpaired) electrons. The smallest absolute Gasteiger partial charge is 0.263 e. The topological polar surface area (TPSA) is 72.7 Å². The number of halogens is 1. The van der Waals surface area contributed by atoms with Crippen molar-refractivity contribution in [3.05, 3.63) is 51.4 Å². The molecule has 27 heavy (non-hydrogen) atoms. The van der Waals surface area contributed by atoms with Gasteiger partial charge in [0.05, 0.1) is 11.4 Å². The number of carbonyl (C=O) groups excluding carboxylic acids is 1. The first kappa shape index (κ1) is 18.9. The second-order valence-electron chi connectivity index (χ2n) is 6.01. The number of rotatable bonds is 6. The number of hydrogen-bond donors (Lipinski definition) is 1. The number of thiazole rings is 1. The third kappa shape index (κ3) is 4.28. The molecule has 0 spiro atoms. The van der Waals surface area contributed by atoms with Gasteiger partial charge in [-0.05, 0) is 49.8 Å². The van der Waals surface area contributed by atoms with E-state index in [2.05, 4.69) is 20.6 Å². The second kappa shape index (κ2) is 8.22. The minimum Gasteiger partial charge on any atom is -0.351 e. The van der Waals surface area contributed by atoms with Crippen molar-refractivity contribution >= 4 is 29.4 Å². The predicted octanol–water partition coefficient (Wildman–Crippen LogP) is 3.70. The van der Waals surface area contributed by atoms with Crippen molar-refractivity contribution in [2.24, 2.45) is 7.05 Å². The number of nitrogens with one attached hydrogen (secondary N) is 1. The Balaban J connectivity index is 1.86. The van der Waals surface area contributed by atoms with E-state index in [0.717, 1.165) is 22.7 Å². The minimum atomic E-state index is -0.299. The average molecular weight is 385 g/mol. The van der Waals surface area contributed by atoms with Gasteiger partial charge in [-0.25, -0.2) is 14.1 Å². The van der Waals surface area contributed by atoms with Crippen molar-refractivity contribution in [2.75, 3.05) is 6.54 Å². The highest BCUT2D eigenvalue weighted by Crippen LogP contribution is 2.24. The largest absolute Gasteiger partial charge is 0.351 e.